The first-order valence-electron chi connectivity index (χ1n) is 2.59. The van der Waals surface area contributed by atoms with Crippen molar-refractivity contribution in [3.63, 3.8) is 0 Å². The molecule has 0 saturated heterocycles. The Balaban J connectivity index is 3.64. The number of rotatable bonds is 3. The monoisotopic (exact) mass is 169 g/mol. The topological polar surface area (TPSA) is 29.1 Å². The molecular weight excluding hydrogens is 161 g/mol. The van der Waals surface area contributed by atoms with E-state index in [-0.39, 0.29) is 23.6 Å². The van der Waals surface area contributed by atoms with Crippen LogP contribution in [0.3, 0.4) is 0 Å². The van der Waals surface area contributed by atoms with Gasteiger partial charge in [-0.15, -0.1) is 23.2 Å². The highest BCUT2D eigenvalue weighted by molar-refractivity contribution is 6.22. The lowest BCUT2D eigenvalue weighted by Gasteiger charge is -2.06. The van der Waals surface area contributed by atoms with Crippen LogP contribution in [-0.4, -0.2) is 24.7 Å². The Morgan fingerprint density at radius 3 is 2.11 bits per heavy atom. The Morgan fingerprint density at radius 2 is 2.00 bits per heavy atom. The summed E-state index contributed by atoms with van der Waals surface area (Å²) in [5.41, 5.74) is 0. The van der Waals surface area contributed by atoms with E-state index < -0.39 is 0 Å². The first kappa shape index (κ1) is 9.05. The van der Waals surface area contributed by atoms with Crippen LogP contribution in [-0.2, 0) is 4.79 Å². The van der Waals surface area contributed by atoms with E-state index in [1.54, 1.807) is 7.05 Å². The highest BCUT2D eigenvalue weighted by Crippen LogP contribution is 2.01. The summed E-state index contributed by atoms with van der Waals surface area (Å²) < 4.78 is 0. The average molecular weight is 170 g/mol. The summed E-state index contributed by atoms with van der Waals surface area (Å²) in [6, 6.07) is 0. The molecule has 0 aliphatic rings. The first-order chi connectivity index (χ1) is 4.26. The second-order valence-electron chi connectivity index (χ2n) is 1.62. The van der Waals surface area contributed by atoms with Crippen LogP contribution in [0.25, 0.3) is 0 Å². The van der Waals surface area contributed by atoms with E-state index in [0.717, 1.165) is 0 Å². The fourth-order valence-corrected chi connectivity index (χ4v) is 0.996. The molecule has 1 N–H and O–H groups in total. The number of hydrogen-bond donors (Lipinski definition) is 1. The lowest BCUT2D eigenvalue weighted by Crippen LogP contribution is -2.29. The van der Waals surface area contributed by atoms with Crippen LogP contribution in [0.1, 0.15) is 0 Å². The molecular formula is C5H9Cl2NO. The average Bonchev–Trinajstić information content (AvgIpc) is 1.90. The molecule has 9 heavy (non-hydrogen) atoms. The lowest BCUT2D eigenvalue weighted by atomic mass is 10.2. The molecule has 0 aliphatic heterocycles. The van der Waals surface area contributed by atoms with Crippen LogP contribution in [0.4, 0.5) is 0 Å². The summed E-state index contributed by atoms with van der Waals surface area (Å²) in [7, 11) is 1.56. The standard InChI is InChI=1S/C5H9Cl2NO/c1-8-5(9)4(2-6)3-7/h4H,2-3H2,1H3,(H,8,9). The molecule has 0 rings (SSSR count). The molecule has 0 spiro atoms. The number of carbonyl (C=O) groups is 1. The summed E-state index contributed by atoms with van der Waals surface area (Å²) in [4.78, 5) is 10.7. The van der Waals surface area contributed by atoms with Crippen molar-refractivity contribution in [2.45, 2.75) is 0 Å². The van der Waals surface area contributed by atoms with Gasteiger partial charge in [0.15, 0.2) is 0 Å². The Bertz CT molecular complexity index is 93.0. The molecule has 0 atom stereocenters. The van der Waals surface area contributed by atoms with Gasteiger partial charge < -0.3 is 5.32 Å². The van der Waals surface area contributed by atoms with Crippen molar-refractivity contribution in [3.8, 4) is 0 Å². The molecule has 0 aromatic heterocycles. The molecule has 0 saturated carbocycles. The molecule has 0 radical (unpaired) electrons. The number of amides is 1. The summed E-state index contributed by atoms with van der Waals surface area (Å²) in [5.74, 6) is 0.213. The smallest absolute Gasteiger partial charge is 0.225 e. The lowest BCUT2D eigenvalue weighted by molar-refractivity contribution is -0.123. The maximum atomic E-state index is 10.7. The number of hydrogen-bond acceptors (Lipinski definition) is 1. The van der Waals surface area contributed by atoms with Gasteiger partial charge in [0, 0.05) is 18.8 Å². The highest BCUT2D eigenvalue weighted by Gasteiger charge is 2.13. The van der Waals surface area contributed by atoms with Crippen LogP contribution < -0.4 is 5.32 Å². The van der Waals surface area contributed by atoms with Crippen molar-refractivity contribution in [1.82, 2.24) is 5.32 Å². The van der Waals surface area contributed by atoms with Gasteiger partial charge in [0.1, 0.15) is 0 Å². The maximum Gasteiger partial charge on any atom is 0.225 e. The minimum absolute atomic E-state index is 0.0972. The van der Waals surface area contributed by atoms with Crippen molar-refractivity contribution in [1.29, 1.82) is 0 Å². The predicted octanol–water partition coefficient (Wildman–Crippen LogP) is 0.826. The Labute approximate surface area is 64.5 Å². The second kappa shape index (κ2) is 4.89. The minimum atomic E-state index is -0.252. The summed E-state index contributed by atoms with van der Waals surface area (Å²) in [5, 5.41) is 2.46. The molecule has 0 aromatic rings. The van der Waals surface area contributed by atoms with Crippen LogP contribution in [0.5, 0.6) is 0 Å². The second-order valence-corrected chi connectivity index (χ2v) is 2.24. The molecule has 0 heterocycles. The van der Waals surface area contributed by atoms with E-state index >= 15 is 0 Å². The fourth-order valence-electron chi connectivity index (χ4n) is 0.386. The largest absolute Gasteiger partial charge is 0.359 e. The van der Waals surface area contributed by atoms with E-state index in [2.05, 4.69) is 5.32 Å². The van der Waals surface area contributed by atoms with Gasteiger partial charge in [0.25, 0.3) is 0 Å². The Kier molecular flexibility index (Phi) is 4.91. The number of nitrogens with one attached hydrogen (secondary N) is 1. The third kappa shape index (κ3) is 2.92. The minimum Gasteiger partial charge on any atom is -0.359 e. The van der Waals surface area contributed by atoms with Gasteiger partial charge in [0.2, 0.25) is 5.91 Å². The predicted molar refractivity (Wildman–Crippen MR) is 39.0 cm³/mol. The normalized spacial score (nSPS) is 9.78. The molecule has 0 fully saturated rings. The van der Waals surface area contributed by atoms with Crippen molar-refractivity contribution in [2.24, 2.45) is 5.92 Å². The van der Waals surface area contributed by atoms with Crippen LogP contribution >= 0.6 is 23.2 Å². The van der Waals surface area contributed by atoms with Crippen molar-refractivity contribution < 1.29 is 4.79 Å². The zero-order valence-electron chi connectivity index (χ0n) is 5.16. The molecule has 0 aliphatic carbocycles. The summed E-state index contributed by atoms with van der Waals surface area (Å²) >= 11 is 10.8. The molecule has 0 bridgehead atoms. The van der Waals surface area contributed by atoms with E-state index in [9.17, 15) is 4.79 Å². The molecule has 0 aromatic carbocycles. The first-order valence-corrected chi connectivity index (χ1v) is 3.66. The van der Waals surface area contributed by atoms with Crippen molar-refractivity contribution in [3.05, 3.63) is 0 Å². The van der Waals surface area contributed by atoms with Gasteiger partial charge in [-0.3, -0.25) is 4.79 Å². The van der Waals surface area contributed by atoms with E-state index in [4.69, 9.17) is 23.2 Å². The SMILES string of the molecule is CNC(=O)C(CCl)CCl. The van der Waals surface area contributed by atoms with Crippen molar-refractivity contribution >= 4 is 29.1 Å². The van der Waals surface area contributed by atoms with Gasteiger partial charge in [0.05, 0.1) is 5.92 Å². The summed E-state index contributed by atoms with van der Waals surface area (Å²) in [6.45, 7) is 0. The fraction of sp³-hybridized carbons (Fsp3) is 0.800. The number of halogens is 2. The molecule has 1 amide bonds. The van der Waals surface area contributed by atoms with Gasteiger partial charge >= 0.3 is 0 Å². The van der Waals surface area contributed by atoms with Gasteiger partial charge in [-0.05, 0) is 0 Å². The third-order valence-electron chi connectivity index (χ3n) is 0.990. The Hall–Kier alpha value is 0.0500. The Morgan fingerprint density at radius 1 is 1.56 bits per heavy atom. The summed E-state index contributed by atoms with van der Waals surface area (Å²) in [6.07, 6.45) is 0. The van der Waals surface area contributed by atoms with Gasteiger partial charge in [-0.25, -0.2) is 0 Å². The van der Waals surface area contributed by atoms with Crippen LogP contribution in [0, 0.1) is 5.92 Å². The maximum absolute atomic E-state index is 10.7. The molecule has 2 nitrogen and oxygen atoms in total. The zero-order valence-corrected chi connectivity index (χ0v) is 6.67. The van der Waals surface area contributed by atoms with Crippen LogP contribution in [0.15, 0.2) is 0 Å². The van der Waals surface area contributed by atoms with E-state index in [1.165, 1.54) is 0 Å². The number of carbonyl (C=O) groups excluding carboxylic acids is 1. The van der Waals surface area contributed by atoms with E-state index in [1.807, 2.05) is 0 Å². The van der Waals surface area contributed by atoms with Gasteiger partial charge in [-0.1, -0.05) is 0 Å². The number of alkyl halides is 2. The quantitative estimate of drug-likeness (QED) is 0.624. The van der Waals surface area contributed by atoms with Crippen molar-refractivity contribution in [2.75, 3.05) is 18.8 Å². The highest BCUT2D eigenvalue weighted by atomic mass is 35.5. The van der Waals surface area contributed by atoms with Gasteiger partial charge in [-0.2, -0.15) is 0 Å². The zero-order chi connectivity index (χ0) is 7.28. The van der Waals surface area contributed by atoms with Crippen LogP contribution in [0.2, 0.25) is 0 Å². The third-order valence-corrected chi connectivity index (χ3v) is 1.73. The molecule has 0 unspecified atom stereocenters. The molecule has 4 heteroatoms. The van der Waals surface area contributed by atoms with E-state index in [0.29, 0.717) is 0 Å². The molecule has 54 valence electrons.